The van der Waals surface area contributed by atoms with Crippen LogP contribution in [0.3, 0.4) is 0 Å². The van der Waals surface area contributed by atoms with Crippen LogP contribution in [0, 0.1) is 12.8 Å². The topological polar surface area (TPSA) is 29.3 Å². The Morgan fingerprint density at radius 1 is 1.59 bits per heavy atom. The van der Waals surface area contributed by atoms with Gasteiger partial charge in [-0.05, 0) is 68.2 Å². The molecular formula is C13H21BrN2S. The molecule has 4 heteroatoms. The Morgan fingerprint density at radius 2 is 2.29 bits per heavy atom. The van der Waals surface area contributed by atoms with Crippen LogP contribution in [-0.2, 0) is 0 Å². The summed E-state index contributed by atoms with van der Waals surface area (Å²) in [7, 11) is 0. The van der Waals surface area contributed by atoms with Gasteiger partial charge < -0.3 is 5.73 Å². The summed E-state index contributed by atoms with van der Waals surface area (Å²) < 4.78 is 1.24. The number of thiophene rings is 1. The lowest BCUT2D eigenvalue weighted by Gasteiger charge is -2.30. The van der Waals surface area contributed by atoms with Crippen molar-refractivity contribution in [2.24, 2.45) is 11.7 Å². The molecule has 1 aliphatic heterocycles. The molecule has 0 saturated carbocycles. The van der Waals surface area contributed by atoms with Gasteiger partial charge in [0.05, 0.1) is 0 Å². The first-order valence-corrected chi connectivity index (χ1v) is 7.87. The van der Waals surface area contributed by atoms with Crippen LogP contribution in [0.1, 0.15) is 36.1 Å². The summed E-state index contributed by atoms with van der Waals surface area (Å²) in [5.41, 5.74) is 5.94. The van der Waals surface area contributed by atoms with E-state index < -0.39 is 0 Å². The Hall–Kier alpha value is 0.100. The summed E-state index contributed by atoms with van der Waals surface area (Å²) in [5, 5.41) is 0. The molecule has 1 aromatic rings. The molecule has 2 unspecified atom stereocenters. The predicted molar refractivity (Wildman–Crippen MR) is 78.5 cm³/mol. The third-order valence-corrected chi connectivity index (χ3v) is 5.90. The lowest BCUT2D eigenvalue weighted by atomic mass is 9.99. The van der Waals surface area contributed by atoms with E-state index in [4.69, 9.17) is 5.73 Å². The molecule has 96 valence electrons. The molecule has 1 saturated heterocycles. The number of hydrogen-bond donors (Lipinski definition) is 1. The minimum atomic E-state index is 0.523. The van der Waals surface area contributed by atoms with Crippen LogP contribution in [0.2, 0.25) is 0 Å². The predicted octanol–water partition coefficient (Wildman–Crippen LogP) is 3.55. The van der Waals surface area contributed by atoms with Gasteiger partial charge in [-0.3, -0.25) is 4.90 Å². The largest absolute Gasteiger partial charge is 0.330 e. The first kappa shape index (κ1) is 13.5. The van der Waals surface area contributed by atoms with Gasteiger partial charge in [0.25, 0.3) is 0 Å². The van der Waals surface area contributed by atoms with Crippen LogP contribution in [0.25, 0.3) is 0 Å². The average Bonchev–Trinajstić information content (AvgIpc) is 2.82. The van der Waals surface area contributed by atoms with E-state index in [1.807, 2.05) is 11.3 Å². The number of hydrogen-bond acceptors (Lipinski definition) is 3. The standard InChI is InChI=1S/C13H21BrN2S/c1-8(2)16-5-4-10(7-15)13(16)12-6-11(14)9(3)17-12/h6,8,10,13H,4-5,7,15H2,1-3H3. The zero-order chi connectivity index (χ0) is 12.6. The van der Waals surface area contributed by atoms with Crippen LogP contribution in [0.4, 0.5) is 0 Å². The van der Waals surface area contributed by atoms with Crippen molar-refractivity contribution in [3.05, 3.63) is 20.3 Å². The molecule has 0 bridgehead atoms. The zero-order valence-electron chi connectivity index (χ0n) is 10.7. The van der Waals surface area contributed by atoms with E-state index in [1.54, 1.807) is 0 Å². The first-order chi connectivity index (χ1) is 8.04. The van der Waals surface area contributed by atoms with Crippen molar-refractivity contribution in [2.75, 3.05) is 13.1 Å². The quantitative estimate of drug-likeness (QED) is 0.924. The van der Waals surface area contributed by atoms with Crippen molar-refractivity contribution in [3.8, 4) is 0 Å². The summed E-state index contributed by atoms with van der Waals surface area (Å²) in [6, 6.07) is 3.40. The molecule has 2 nitrogen and oxygen atoms in total. The molecule has 1 fully saturated rings. The molecule has 0 aliphatic carbocycles. The van der Waals surface area contributed by atoms with Crippen molar-refractivity contribution in [1.82, 2.24) is 4.90 Å². The summed E-state index contributed by atoms with van der Waals surface area (Å²) in [6.07, 6.45) is 1.23. The zero-order valence-corrected chi connectivity index (χ0v) is 13.1. The molecule has 2 atom stereocenters. The summed E-state index contributed by atoms with van der Waals surface area (Å²) >= 11 is 5.53. The van der Waals surface area contributed by atoms with Crippen LogP contribution in [-0.4, -0.2) is 24.0 Å². The second kappa shape index (κ2) is 5.39. The Labute approximate surface area is 116 Å². The SMILES string of the molecule is Cc1sc(C2C(CN)CCN2C(C)C)cc1Br. The van der Waals surface area contributed by atoms with E-state index >= 15 is 0 Å². The number of nitrogens with zero attached hydrogens (tertiary/aromatic N) is 1. The minimum Gasteiger partial charge on any atom is -0.330 e. The summed E-state index contributed by atoms with van der Waals surface area (Å²) in [5.74, 6) is 0.613. The highest BCUT2D eigenvalue weighted by molar-refractivity contribution is 9.10. The molecule has 1 aromatic heterocycles. The third-order valence-electron chi connectivity index (χ3n) is 3.70. The highest BCUT2D eigenvalue weighted by atomic mass is 79.9. The van der Waals surface area contributed by atoms with E-state index in [0.717, 1.165) is 6.54 Å². The van der Waals surface area contributed by atoms with E-state index in [1.165, 1.54) is 27.2 Å². The maximum absolute atomic E-state index is 5.94. The van der Waals surface area contributed by atoms with E-state index in [-0.39, 0.29) is 0 Å². The van der Waals surface area contributed by atoms with Crippen molar-refractivity contribution < 1.29 is 0 Å². The molecule has 17 heavy (non-hydrogen) atoms. The van der Waals surface area contributed by atoms with E-state index in [9.17, 15) is 0 Å². The summed E-state index contributed by atoms with van der Waals surface area (Å²) in [6.45, 7) is 8.70. The molecule has 2 heterocycles. The highest BCUT2D eigenvalue weighted by Gasteiger charge is 2.36. The minimum absolute atomic E-state index is 0.523. The molecule has 2 N–H and O–H groups in total. The monoisotopic (exact) mass is 316 g/mol. The molecule has 1 aliphatic rings. The van der Waals surface area contributed by atoms with Gasteiger partial charge in [0, 0.05) is 26.3 Å². The molecule has 0 spiro atoms. The number of halogens is 1. The number of aryl methyl sites for hydroxylation is 1. The normalized spacial score (nSPS) is 26.0. The number of likely N-dealkylation sites (tertiary alicyclic amines) is 1. The highest BCUT2D eigenvalue weighted by Crippen LogP contribution is 2.42. The van der Waals surface area contributed by atoms with Gasteiger partial charge in [0.15, 0.2) is 0 Å². The van der Waals surface area contributed by atoms with Crippen LogP contribution in [0.5, 0.6) is 0 Å². The van der Waals surface area contributed by atoms with Gasteiger partial charge in [0.2, 0.25) is 0 Å². The van der Waals surface area contributed by atoms with Gasteiger partial charge in [0.1, 0.15) is 0 Å². The van der Waals surface area contributed by atoms with Gasteiger partial charge in [-0.25, -0.2) is 0 Å². The Kier molecular flexibility index (Phi) is 4.29. The Bertz CT molecular complexity index is 369. The lowest BCUT2D eigenvalue weighted by molar-refractivity contribution is 0.187. The van der Waals surface area contributed by atoms with E-state index in [2.05, 4.69) is 47.7 Å². The van der Waals surface area contributed by atoms with Crippen LogP contribution >= 0.6 is 27.3 Å². The number of rotatable bonds is 3. The molecular weight excluding hydrogens is 296 g/mol. The van der Waals surface area contributed by atoms with E-state index in [0.29, 0.717) is 18.0 Å². The van der Waals surface area contributed by atoms with Gasteiger partial charge in [-0.1, -0.05) is 0 Å². The second-order valence-corrected chi connectivity index (χ2v) is 7.26. The first-order valence-electron chi connectivity index (χ1n) is 6.26. The number of nitrogens with two attached hydrogens (primary N) is 1. The van der Waals surface area contributed by atoms with Gasteiger partial charge >= 0.3 is 0 Å². The van der Waals surface area contributed by atoms with Gasteiger partial charge in [-0.15, -0.1) is 11.3 Å². The van der Waals surface area contributed by atoms with Gasteiger partial charge in [-0.2, -0.15) is 0 Å². The van der Waals surface area contributed by atoms with Crippen molar-refractivity contribution in [2.45, 2.75) is 39.3 Å². The fraction of sp³-hybridized carbons (Fsp3) is 0.692. The Balaban J connectivity index is 2.31. The van der Waals surface area contributed by atoms with Crippen LogP contribution in [0.15, 0.2) is 10.5 Å². The fourth-order valence-electron chi connectivity index (χ4n) is 2.73. The van der Waals surface area contributed by atoms with Crippen LogP contribution < -0.4 is 5.73 Å². The molecule has 0 amide bonds. The summed E-state index contributed by atoms with van der Waals surface area (Å²) in [4.78, 5) is 5.43. The van der Waals surface area contributed by atoms with Crippen molar-refractivity contribution in [1.29, 1.82) is 0 Å². The maximum Gasteiger partial charge on any atom is 0.0485 e. The molecule has 0 radical (unpaired) electrons. The van der Waals surface area contributed by atoms with Crippen molar-refractivity contribution >= 4 is 27.3 Å². The Morgan fingerprint density at radius 3 is 2.76 bits per heavy atom. The maximum atomic E-state index is 5.94. The third kappa shape index (κ3) is 2.60. The fourth-order valence-corrected chi connectivity index (χ4v) is 4.51. The second-order valence-electron chi connectivity index (χ2n) is 5.11. The van der Waals surface area contributed by atoms with Crippen molar-refractivity contribution in [3.63, 3.8) is 0 Å². The molecule has 0 aromatic carbocycles. The average molecular weight is 317 g/mol. The lowest BCUT2D eigenvalue weighted by Crippen LogP contribution is -2.32. The smallest absolute Gasteiger partial charge is 0.0485 e. The molecule has 2 rings (SSSR count).